The molecule has 7 heteroatoms. The number of carbonyl (C=O) groups excluding carboxylic acids is 2. The molecule has 5 rings (SSSR count). The smallest absolute Gasteiger partial charge is 0.255 e. The van der Waals surface area contributed by atoms with E-state index in [-0.39, 0.29) is 17.9 Å². The molecule has 166 valence electrons. The zero-order valence-electron chi connectivity index (χ0n) is 18.0. The van der Waals surface area contributed by atoms with Crippen molar-refractivity contribution in [3.8, 4) is 5.75 Å². The van der Waals surface area contributed by atoms with Gasteiger partial charge in [0.25, 0.3) is 5.91 Å². The Labute approximate surface area is 183 Å². The second-order valence-corrected chi connectivity index (χ2v) is 9.06. The van der Waals surface area contributed by atoms with Crippen molar-refractivity contribution in [2.45, 2.75) is 63.3 Å². The lowest BCUT2D eigenvalue weighted by atomic mass is 10.0. The van der Waals surface area contributed by atoms with Crippen molar-refractivity contribution in [3.05, 3.63) is 41.6 Å². The minimum absolute atomic E-state index is 0.0717. The molecule has 1 aromatic carbocycles. The Morgan fingerprint density at radius 2 is 2.00 bits per heavy atom. The van der Waals surface area contributed by atoms with Crippen LogP contribution in [0, 0.1) is 0 Å². The Bertz CT molecular complexity index is 878. The maximum Gasteiger partial charge on any atom is 0.255 e. The highest BCUT2D eigenvalue weighted by Gasteiger charge is 2.39. The van der Waals surface area contributed by atoms with Crippen LogP contribution >= 0.6 is 0 Å². The zero-order valence-corrected chi connectivity index (χ0v) is 18.0. The van der Waals surface area contributed by atoms with Gasteiger partial charge in [-0.1, -0.05) is 6.58 Å². The zero-order chi connectivity index (χ0) is 21.4. The van der Waals surface area contributed by atoms with Gasteiger partial charge in [-0.15, -0.1) is 0 Å². The van der Waals surface area contributed by atoms with Crippen LogP contribution < -0.4 is 10.1 Å². The van der Waals surface area contributed by atoms with Crippen molar-refractivity contribution in [1.82, 2.24) is 15.1 Å². The summed E-state index contributed by atoms with van der Waals surface area (Å²) in [6, 6.07) is 5.75. The third-order valence-corrected chi connectivity index (χ3v) is 7.04. The number of allylic oxidation sites excluding steroid dienone is 1. The first-order valence-corrected chi connectivity index (χ1v) is 11.5. The second kappa shape index (κ2) is 8.63. The Balaban J connectivity index is 1.28. The van der Waals surface area contributed by atoms with Crippen LogP contribution in [0.1, 0.15) is 54.4 Å². The van der Waals surface area contributed by atoms with Crippen LogP contribution in [0.4, 0.5) is 0 Å². The summed E-state index contributed by atoms with van der Waals surface area (Å²) in [4.78, 5) is 29.5. The van der Waals surface area contributed by atoms with Crippen LogP contribution in [0.25, 0.3) is 0 Å². The Morgan fingerprint density at radius 1 is 1.10 bits per heavy atom. The fourth-order valence-corrected chi connectivity index (χ4v) is 5.44. The monoisotopic (exact) mass is 425 g/mol. The summed E-state index contributed by atoms with van der Waals surface area (Å²) in [5.74, 6) is 0.611. The lowest BCUT2D eigenvalue weighted by molar-refractivity contribution is -0.126. The van der Waals surface area contributed by atoms with E-state index >= 15 is 0 Å². The molecule has 3 aliphatic heterocycles. The number of piperidine rings is 1. The molecule has 3 atom stereocenters. The maximum absolute atomic E-state index is 12.9. The van der Waals surface area contributed by atoms with Gasteiger partial charge < -0.3 is 19.7 Å². The van der Waals surface area contributed by atoms with Gasteiger partial charge in [-0.05, 0) is 62.3 Å². The van der Waals surface area contributed by atoms with Crippen LogP contribution in [0.2, 0.25) is 0 Å². The summed E-state index contributed by atoms with van der Waals surface area (Å²) in [6.45, 7) is 7.95. The average molecular weight is 426 g/mol. The normalized spacial score (nSPS) is 29.6. The maximum atomic E-state index is 12.9. The minimum atomic E-state index is -0.431. The predicted molar refractivity (Wildman–Crippen MR) is 116 cm³/mol. The molecule has 0 radical (unpaired) electrons. The lowest BCUT2D eigenvalue weighted by Crippen LogP contribution is -2.49. The molecule has 1 saturated carbocycles. The van der Waals surface area contributed by atoms with Crippen molar-refractivity contribution >= 4 is 11.8 Å². The van der Waals surface area contributed by atoms with Gasteiger partial charge in [0.2, 0.25) is 5.91 Å². The van der Waals surface area contributed by atoms with E-state index in [0.29, 0.717) is 31.0 Å². The van der Waals surface area contributed by atoms with Crippen LogP contribution in [-0.4, -0.2) is 66.1 Å². The van der Waals surface area contributed by atoms with Crippen LogP contribution in [0.3, 0.4) is 0 Å². The van der Waals surface area contributed by atoms with E-state index in [4.69, 9.17) is 9.47 Å². The predicted octanol–water partition coefficient (Wildman–Crippen LogP) is 2.46. The molecule has 1 aromatic rings. The summed E-state index contributed by atoms with van der Waals surface area (Å²) >= 11 is 0. The number of carbonyl (C=O) groups is 2. The number of hydrogen-bond acceptors (Lipinski definition) is 5. The highest BCUT2D eigenvalue weighted by Crippen LogP contribution is 2.33. The number of rotatable bonds is 4. The molecule has 2 saturated heterocycles. The van der Waals surface area contributed by atoms with Gasteiger partial charge in [0, 0.05) is 43.5 Å². The van der Waals surface area contributed by atoms with Crippen molar-refractivity contribution in [2.24, 2.45) is 0 Å². The molecule has 2 amide bonds. The first kappa shape index (κ1) is 20.5. The van der Waals surface area contributed by atoms with E-state index in [1.165, 1.54) is 6.42 Å². The summed E-state index contributed by atoms with van der Waals surface area (Å²) in [7, 11) is 0. The number of benzene rings is 1. The average Bonchev–Trinajstić information content (AvgIpc) is 3.22. The Hall–Kier alpha value is -2.38. The number of nitrogens with one attached hydrogen (secondary N) is 1. The fourth-order valence-electron chi connectivity index (χ4n) is 5.44. The minimum Gasteiger partial charge on any atom is -0.489 e. The summed E-state index contributed by atoms with van der Waals surface area (Å²) in [6.07, 6.45) is 5.94. The third-order valence-electron chi connectivity index (χ3n) is 7.04. The number of amides is 2. The molecule has 0 bridgehead atoms. The van der Waals surface area contributed by atoms with Gasteiger partial charge in [-0.25, -0.2) is 0 Å². The largest absolute Gasteiger partial charge is 0.489 e. The molecule has 31 heavy (non-hydrogen) atoms. The molecular weight excluding hydrogens is 394 g/mol. The van der Waals surface area contributed by atoms with Crippen LogP contribution in [0.5, 0.6) is 5.75 Å². The van der Waals surface area contributed by atoms with Crippen molar-refractivity contribution in [3.63, 3.8) is 0 Å². The van der Waals surface area contributed by atoms with E-state index < -0.39 is 6.04 Å². The van der Waals surface area contributed by atoms with Gasteiger partial charge in [-0.3, -0.25) is 14.5 Å². The van der Waals surface area contributed by atoms with E-state index in [2.05, 4.69) is 16.8 Å². The van der Waals surface area contributed by atoms with Gasteiger partial charge in [0.1, 0.15) is 17.9 Å². The van der Waals surface area contributed by atoms with Crippen molar-refractivity contribution < 1.29 is 19.1 Å². The number of ether oxygens (including phenoxy) is 2. The molecule has 3 fully saturated rings. The number of nitrogens with zero attached hydrogens (tertiary/aromatic N) is 2. The summed E-state index contributed by atoms with van der Waals surface area (Å²) in [5, 5.41) is 2.79. The van der Waals surface area contributed by atoms with E-state index in [1.807, 2.05) is 18.2 Å². The highest BCUT2D eigenvalue weighted by atomic mass is 16.5. The summed E-state index contributed by atoms with van der Waals surface area (Å²) < 4.78 is 12.1. The molecule has 0 aromatic heterocycles. The first-order chi connectivity index (χ1) is 15.1. The molecule has 1 unspecified atom stereocenters. The van der Waals surface area contributed by atoms with Gasteiger partial charge in [-0.2, -0.15) is 0 Å². The van der Waals surface area contributed by atoms with E-state index in [9.17, 15) is 9.59 Å². The first-order valence-electron chi connectivity index (χ1n) is 11.5. The topological polar surface area (TPSA) is 71.1 Å². The number of hydrogen-bond donors (Lipinski definition) is 1. The highest BCUT2D eigenvalue weighted by molar-refractivity contribution is 6.01. The van der Waals surface area contributed by atoms with Crippen LogP contribution in [0.15, 0.2) is 30.5 Å². The second-order valence-electron chi connectivity index (χ2n) is 9.06. The molecule has 1 aliphatic carbocycles. The lowest BCUT2D eigenvalue weighted by Gasteiger charge is -2.31. The molecule has 3 heterocycles. The SMILES string of the molecule is C=C1CCC(N2Cc3cc(O[C@H]4CCC[C@H]4N4CCCOCC4)ccc3C2=O)C(=O)N1. The van der Waals surface area contributed by atoms with Crippen molar-refractivity contribution in [1.29, 1.82) is 0 Å². The Kier molecular flexibility index (Phi) is 5.71. The van der Waals surface area contributed by atoms with E-state index in [1.54, 1.807) is 4.90 Å². The molecule has 0 spiro atoms. The van der Waals surface area contributed by atoms with Crippen LogP contribution in [-0.2, 0) is 16.1 Å². The van der Waals surface area contributed by atoms with Gasteiger partial charge in [0.15, 0.2) is 0 Å². The summed E-state index contributed by atoms with van der Waals surface area (Å²) in [5.41, 5.74) is 2.35. The number of fused-ring (bicyclic) bond motifs is 1. The van der Waals surface area contributed by atoms with E-state index in [0.717, 1.165) is 62.6 Å². The molecule has 7 nitrogen and oxygen atoms in total. The molecule has 1 N–H and O–H groups in total. The third kappa shape index (κ3) is 4.08. The van der Waals surface area contributed by atoms with Gasteiger partial charge >= 0.3 is 0 Å². The molecule has 4 aliphatic rings. The van der Waals surface area contributed by atoms with Gasteiger partial charge in [0.05, 0.1) is 6.61 Å². The Morgan fingerprint density at radius 3 is 2.87 bits per heavy atom. The standard InChI is InChI=1S/C24H31N3O4/c1-16-6-9-21(23(28)25-16)27-15-17-14-18(7-8-19(17)24(27)29)31-22-5-2-4-20(22)26-10-3-12-30-13-11-26/h7-8,14,20-22H,1-6,9-13,15H2,(H,25,28)/t20-,21?,22+/m1/s1. The molecular formula is C24H31N3O4. The fraction of sp³-hybridized carbons (Fsp3) is 0.583. The quantitative estimate of drug-likeness (QED) is 0.803. The van der Waals surface area contributed by atoms with Crippen molar-refractivity contribution in [2.75, 3.05) is 26.3 Å².